The van der Waals surface area contributed by atoms with Gasteiger partial charge in [-0.1, -0.05) is 6.07 Å². The van der Waals surface area contributed by atoms with Crippen molar-refractivity contribution in [3.8, 4) is 11.5 Å². The number of carbonyl (C=O) groups is 1. The molecule has 0 radical (unpaired) electrons. The highest BCUT2D eigenvalue weighted by Gasteiger charge is 2.31. The molecule has 6 nitrogen and oxygen atoms in total. The number of rotatable bonds is 5. The second-order valence-electron chi connectivity index (χ2n) is 7.90. The molecule has 0 aromatic heterocycles. The minimum atomic E-state index is -0.344. The van der Waals surface area contributed by atoms with Crippen molar-refractivity contribution in [2.24, 2.45) is 0 Å². The van der Waals surface area contributed by atoms with Crippen LogP contribution in [-0.2, 0) is 0 Å². The van der Waals surface area contributed by atoms with E-state index in [2.05, 4.69) is 35.0 Å². The van der Waals surface area contributed by atoms with E-state index in [1.165, 1.54) is 24.3 Å². The van der Waals surface area contributed by atoms with Gasteiger partial charge in [-0.25, -0.2) is 4.39 Å². The summed E-state index contributed by atoms with van der Waals surface area (Å²) >= 11 is 0. The summed E-state index contributed by atoms with van der Waals surface area (Å²) in [6.07, 6.45) is 0. The highest BCUT2D eigenvalue weighted by Crippen LogP contribution is 2.40. The van der Waals surface area contributed by atoms with Crippen LogP contribution in [0.5, 0.6) is 11.5 Å². The molecule has 2 atom stereocenters. The molecular formula is C23H28FN3O3. The molecule has 0 bridgehead atoms. The number of nitrogens with one attached hydrogen (secondary N) is 1. The molecule has 2 aromatic rings. The van der Waals surface area contributed by atoms with Gasteiger partial charge in [-0.15, -0.1) is 0 Å². The van der Waals surface area contributed by atoms with E-state index < -0.39 is 0 Å². The molecule has 2 aliphatic rings. The second-order valence-corrected chi connectivity index (χ2v) is 7.90. The summed E-state index contributed by atoms with van der Waals surface area (Å²) in [4.78, 5) is 17.0. The Morgan fingerprint density at radius 2 is 1.77 bits per heavy atom. The Kier molecular flexibility index (Phi) is 6.08. The number of halogens is 1. The van der Waals surface area contributed by atoms with E-state index in [9.17, 15) is 9.18 Å². The Hall–Kier alpha value is -2.80. The van der Waals surface area contributed by atoms with Crippen LogP contribution in [0.15, 0.2) is 42.5 Å². The van der Waals surface area contributed by atoms with Gasteiger partial charge in [0, 0.05) is 43.8 Å². The Balaban J connectivity index is 1.34. The van der Waals surface area contributed by atoms with Crippen LogP contribution < -0.4 is 19.7 Å². The standard InChI is InChI=1S/C23H28FN3O3/c1-16-14-26(20-4-3-5-21-22(20)30-13-12-29-21)15-17(2)27(16)11-10-25-23(28)18-6-8-19(24)9-7-18/h3-9,16-17H,10-15H2,1-2H3,(H,25,28). The predicted octanol–water partition coefficient (Wildman–Crippen LogP) is 2.93. The van der Waals surface area contributed by atoms with E-state index in [0.29, 0.717) is 37.4 Å². The Morgan fingerprint density at radius 3 is 2.50 bits per heavy atom. The Morgan fingerprint density at radius 1 is 1.07 bits per heavy atom. The highest BCUT2D eigenvalue weighted by atomic mass is 19.1. The lowest BCUT2D eigenvalue weighted by atomic mass is 10.1. The van der Waals surface area contributed by atoms with Gasteiger partial charge in [-0.3, -0.25) is 9.69 Å². The smallest absolute Gasteiger partial charge is 0.251 e. The van der Waals surface area contributed by atoms with E-state index in [1.807, 2.05) is 12.1 Å². The molecular weight excluding hydrogens is 385 g/mol. The minimum absolute atomic E-state index is 0.179. The average molecular weight is 413 g/mol. The average Bonchev–Trinajstić information content (AvgIpc) is 2.75. The molecule has 30 heavy (non-hydrogen) atoms. The van der Waals surface area contributed by atoms with Crippen LogP contribution in [0.1, 0.15) is 24.2 Å². The van der Waals surface area contributed by atoms with Crippen LogP contribution in [0.2, 0.25) is 0 Å². The van der Waals surface area contributed by atoms with E-state index >= 15 is 0 Å². The molecule has 1 N–H and O–H groups in total. The summed E-state index contributed by atoms with van der Waals surface area (Å²) in [7, 11) is 0. The third kappa shape index (κ3) is 4.36. The Labute approximate surface area is 176 Å². The molecule has 4 rings (SSSR count). The molecule has 160 valence electrons. The minimum Gasteiger partial charge on any atom is -0.486 e. The number of benzene rings is 2. The monoisotopic (exact) mass is 413 g/mol. The van der Waals surface area contributed by atoms with Crippen molar-refractivity contribution >= 4 is 11.6 Å². The van der Waals surface area contributed by atoms with Crippen molar-refractivity contribution in [2.45, 2.75) is 25.9 Å². The number of fused-ring (bicyclic) bond motifs is 1. The topological polar surface area (TPSA) is 54.0 Å². The maximum Gasteiger partial charge on any atom is 0.251 e. The fourth-order valence-corrected chi connectivity index (χ4v) is 4.30. The summed E-state index contributed by atoms with van der Waals surface area (Å²) in [5, 5.41) is 2.94. The summed E-state index contributed by atoms with van der Waals surface area (Å²) in [6.45, 7) is 8.61. The maximum atomic E-state index is 13.0. The molecule has 1 fully saturated rings. The number of para-hydroxylation sites is 1. The van der Waals surface area contributed by atoms with Gasteiger partial charge in [-0.2, -0.15) is 0 Å². The van der Waals surface area contributed by atoms with Crippen LogP contribution >= 0.6 is 0 Å². The number of hydrogen-bond donors (Lipinski definition) is 1. The molecule has 2 unspecified atom stereocenters. The van der Waals surface area contributed by atoms with Crippen molar-refractivity contribution in [1.82, 2.24) is 10.2 Å². The van der Waals surface area contributed by atoms with Crippen molar-refractivity contribution in [1.29, 1.82) is 0 Å². The predicted molar refractivity (Wildman–Crippen MR) is 114 cm³/mol. The van der Waals surface area contributed by atoms with E-state index in [0.717, 1.165) is 36.8 Å². The van der Waals surface area contributed by atoms with Gasteiger partial charge in [0.15, 0.2) is 11.5 Å². The lowest BCUT2D eigenvalue weighted by molar-refractivity contribution is 0.0925. The molecule has 0 spiro atoms. The number of nitrogens with zero attached hydrogens (tertiary/aromatic N) is 2. The molecule has 1 saturated heterocycles. The fourth-order valence-electron chi connectivity index (χ4n) is 4.30. The van der Waals surface area contributed by atoms with Gasteiger partial charge in [0.05, 0.1) is 5.69 Å². The fraction of sp³-hybridized carbons (Fsp3) is 0.435. The number of carbonyl (C=O) groups excluding carboxylic acids is 1. The molecule has 2 aliphatic heterocycles. The van der Waals surface area contributed by atoms with Crippen LogP contribution in [0, 0.1) is 5.82 Å². The zero-order chi connectivity index (χ0) is 21.1. The number of ether oxygens (including phenoxy) is 2. The second kappa shape index (κ2) is 8.92. The first-order valence-electron chi connectivity index (χ1n) is 10.5. The van der Waals surface area contributed by atoms with Gasteiger partial charge >= 0.3 is 0 Å². The van der Waals surface area contributed by atoms with Crippen LogP contribution in [-0.4, -0.2) is 62.3 Å². The van der Waals surface area contributed by atoms with E-state index in [-0.39, 0.29) is 11.7 Å². The molecule has 7 heteroatoms. The van der Waals surface area contributed by atoms with Gasteiger partial charge in [-0.05, 0) is 50.2 Å². The SMILES string of the molecule is CC1CN(c2cccc3c2OCCO3)CC(C)N1CCNC(=O)c1ccc(F)cc1. The summed E-state index contributed by atoms with van der Waals surface area (Å²) in [6, 6.07) is 12.3. The van der Waals surface area contributed by atoms with E-state index in [4.69, 9.17) is 9.47 Å². The number of amides is 1. The zero-order valence-corrected chi connectivity index (χ0v) is 17.4. The van der Waals surface area contributed by atoms with Gasteiger partial charge in [0.1, 0.15) is 19.0 Å². The molecule has 2 heterocycles. The normalized spacial score (nSPS) is 21.4. The maximum absolute atomic E-state index is 13.0. The first-order chi connectivity index (χ1) is 14.5. The summed E-state index contributed by atoms with van der Waals surface area (Å²) in [5.41, 5.74) is 1.55. The van der Waals surface area contributed by atoms with Crippen molar-refractivity contribution in [2.75, 3.05) is 44.3 Å². The Bertz CT molecular complexity index is 878. The highest BCUT2D eigenvalue weighted by molar-refractivity contribution is 5.94. The lowest BCUT2D eigenvalue weighted by Gasteiger charge is -2.46. The first kappa shape index (κ1) is 20.5. The first-order valence-corrected chi connectivity index (χ1v) is 10.5. The van der Waals surface area contributed by atoms with Gasteiger partial charge in [0.25, 0.3) is 5.91 Å². The summed E-state index contributed by atoms with van der Waals surface area (Å²) in [5.74, 6) is 1.12. The summed E-state index contributed by atoms with van der Waals surface area (Å²) < 4.78 is 24.6. The zero-order valence-electron chi connectivity index (χ0n) is 17.4. The number of hydrogen-bond acceptors (Lipinski definition) is 5. The molecule has 2 aromatic carbocycles. The van der Waals surface area contributed by atoms with Crippen molar-refractivity contribution < 1.29 is 18.7 Å². The number of anilines is 1. The van der Waals surface area contributed by atoms with E-state index in [1.54, 1.807) is 0 Å². The third-order valence-electron chi connectivity index (χ3n) is 5.75. The van der Waals surface area contributed by atoms with Crippen LogP contribution in [0.3, 0.4) is 0 Å². The van der Waals surface area contributed by atoms with Gasteiger partial charge < -0.3 is 19.7 Å². The van der Waals surface area contributed by atoms with Crippen molar-refractivity contribution in [3.63, 3.8) is 0 Å². The van der Waals surface area contributed by atoms with Gasteiger partial charge in [0.2, 0.25) is 0 Å². The lowest BCUT2D eigenvalue weighted by Crippen LogP contribution is -2.58. The number of piperazine rings is 1. The van der Waals surface area contributed by atoms with Crippen molar-refractivity contribution in [3.05, 3.63) is 53.8 Å². The van der Waals surface area contributed by atoms with Crippen LogP contribution in [0.4, 0.5) is 10.1 Å². The third-order valence-corrected chi connectivity index (χ3v) is 5.75. The molecule has 0 aliphatic carbocycles. The van der Waals surface area contributed by atoms with Crippen LogP contribution in [0.25, 0.3) is 0 Å². The molecule has 0 saturated carbocycles. The quantitative estimate of drug-likeness (QED) is 0.817. The molecule has 1 amide bonds. The largest absolute Gasteiger partial charge is 0.486 e.